The van der Waals surface area contributed by atoms with Crippen LogP contribution < -0.4 is 10.6 Å². The lowest BCUT2D eigenvalue weighted by Gasteiger charge is -2.35. The SMILES string of the molecule is O=C(NCC(N1CCNCC1)C(F)(F)F)c1ccc(-n2cncn2)cc1. The normalized spacial score (nSPS) is 17.0. The minimum Gasteiger partial charge on any atom is -0.350 e. The first kappa shape index (κ1) is 18.3. The van der Waals surface area contributed by atoms with Gasteiger partial charge in [0.2, 0.25) is 0 Å². The second-order valence-corrected chi connectivity index (χ2v) is 5.94. The van der Waals surface area contributed by atoms with Gasteiger partial charge in [0.05, 0.1) is 5.69 Å². The van der Waals surface area contributed by atoms with E-state index in [9.17, 15) is 18.0 Å². The predicted octanol–water partition coefficient (Wildman–Crippen LogP) is 0.833. The smallest absolute Gasteiger partial charge is 0.350 e. The highest BCUT2D eigenvalue weighted by Crippen LogP contribution is 2.24. The summed E-state index contributed by atoms with van der Waals surface area (Å²) in [4.78, 5) is 17.4. The van der Waals surface area contributed by atoms with Crippen molar-refractivity contribution in [2.45, 2.75) is 12.2 Å². The zero-order chi connectivity index (χ0) is 18.6. The summed E-state index contributed by atoms with van der Waals surface area (Å²) in [7, 11) is 0. The van der Waals surface area contributed by atoms with Gasteiger partial charge in [-0.1, -0.05) is 0 Å². The number of nitrogens with one attached hydrogen (secondary N) is 2. The van der Waals surface area contributed by atoms with Crippen molar-refractivity contribution in [3.63, 3.8) is 0 Å². The highest BCUT2D eigenvalue weighted by molar-refractivity contribution is 5.94. The fourth-order valence-corrected chi connectivity index (χ4v) is 2.84. The number of halogens is 3. The molecule has 2 aromatic rings. The first-order chi connectivity index (χ1) is 12.4. The highest BCUT2D eigenvalue weighted by atomic mass is 19.4. The third-order valence-corrected chi connectivity index (χ3v) is 4.24. The third-order valence-electron chi connectivity index (χ3n) is 4.24. The van der Waals surface area contributed by atoms with Gasteiger partial charge in [-0.2, -0.15) is 18.3 Å². The number of nitrogens with zero attached hydrogens (tertiary/aromatic N) is 4. The molecular weight excluding hydrogens is 349 g/mol. The summed E-state index contributed by atoms with van der Waals surface area (Å²) in [5.74, 6) is -0.542. The number of alkyl halides is 3. The quantitative estimate of drug-likeness (QED) is 0.818. The standard InChI is InChI=1S/C16H19F3N6O/c17-16(18,19)14(24-7-5-20-6-8-24)9-22-15(26)12-1-3-13(4-2-12)25-11-21-10-23-25/h1-4,10-11,14,20H,5-9H2,(H,22,26). The number of amides is 1. The average molecular weight is 368 g/mol. The van der Waals surface area contributed by atoms with E-state index < -0.39 is 24.7 Å². The Kier molecular flexibility index (Phi) is 5.52. The van der Waals surface area contributed by atoms with Crippen molar-refractivity contribution >= 4 is 5.91 Å². The Balaban J connectivity index is 1.62. The van der Waals surface area contributed by atoms with Gasteiger partial charge < -0.3 is 10.6 Å². The Labute approximate surface area is 148 Å². The molecule has 7 nitrogen and oxygen atoms in total. The van der Waals surface area contributed by atoms with Gasteiger partial charge in [0.1, 0.15) is 18.7 Å². The molecule has 1 amide bonds. The van der Waals surface area contributed by atoms with Crippen molar-refractivity contribution in [2.24, 2.45) is 0 Å². The second kappa shape index (κ2) is 7.83. The van der Waals surface area contributed by atoms with E-state index in [1.807, 2.05) is 0 Å². The molecule has 1 aromatic heterocycles. The van der Waals surface area contributed by atoms with Crippen LogP contribution in [0, 0.1) is 0 Å². The fraction of sp³-hybridized carbons (Fsp3) is 0.438. The number of carbonyl (C=O) groups excluding carboxylic acids is 1. The summed E-state index contributed by atoms with van der Waals surface area (Å²) in [5, 5.41) is 9.39. The summed E-state index contributed by atoms with van der Waals surface area (Å²) >= 11 is 0. The molecule has 1 aromatic carbocycles. The molecule has 0 aliphatic carbocycles. The zero-order valence-corrected chi connectivity index (χ0v) is 13.9. The van der Waals surface area contributed by atoms with Crippen LogP contribution in [0.2, 0.25) is 0 Å². The fourth-order valence-electron chi connectivity index (χ4n) is 2.84. The van der Waals surface area contributed by atoms with Gasteiger partial charge in [0.15, 0.2) is 0 Å². The summed E-state index contributed by atoms with van der Waals surface area (Å²) in [5.41, 5.74) is 0.989. The van der Waals surface area contributed by atoms with Gasteiger partial charge in [-0.25, -0.2) is 9.67 Å². The predicted molar refractivity (Wildman–Crippen MR) is 88.0 cm³/mol. The molecule has 3 rings (SSSR count). The molecule has 2 heterocycles. The Bertz CT molecular complexity index is 711. The molecule has 0 saturated carbocycles. The largest absolute Gasteiger partial charge is 0.405 e. The van der Waals surface area contributed by atoms with Crippen molar-refractivity contribution in [1.82, 2.24) is 30.3 Å². The van der Waals surface area contributed by atoms with Crippen LogP contribution in [0.25, 0.3) is 5.69 Å². The van der Waals surface area contributed by atoms with Crippen LogP contribution in [-0.2, 0) is 0 Å². The first-order valence-corrected chi connectivity index (χ1v) is 8.20. The lowest BCUT2D eigenvalue weighted by Crippen LogP contribution is -2.57. The van der Waals surface area contributed by atoms with Crippen molar-refractivity contribution < 1.29 is 18.0 Å². The summed E-state index contributed by atoms with van der Waals surface area (Å²) in [6.45, 7) is 1.13. The van der Waals surface area contributed by atoms with Gasteiger partial charge in [-0.15, -0.1) is 0 Å². The molecule has 1 unspecified atom stereocenters. The van der Waals surface area contributed by atoms with E-state index in [-0.39, 0.29) is 5.56 Å². The van der Waals surface area contributed by atoms with Crippen molar-refractivity contribution in [1.29, 1.82) is 0 Å². The lowest BCUT2D eigenvalue weighted by atomic mass is 10.1. The molecule has 140 valence electrons. The molecule has 0 spiro atoms. The van der Waals surface area contributed by atoms with E-state index in [4.69, 9.17) is 0 Å². The number of hydrogen-bond acceptors (Lipinski definition) is 5. The van der Waals surface area contributed by atoms with Crippen molar-refractivity contribution in [2.75, 3.05) is 32.7 Å². The van der Waals surface area contributed by atoms with Gasteiger partial charge in [0.25, 0.3) is 5.91 Å². The van der Waals surface area contributed by atoms with E-state index >= 15 is 0 Å². The number of aromatic nitrogens is 3. The van der Waals surface area contributed by atoms with E-state index in [1.165, 1.54) is 22.2 Å². The van der Waals surface area contributed by atoms with E-state index in [0.29, 0.717) is 31.9 Å². The Morgan fingerprint density at radius 1 is 1.23 bits per heavy atom. The second-order valence-electron chi connectivity index (χ2n) is 5.94. The molecular formula is C16H19F3N6O. The highest BCUT2D eigenvalue weighted by Gasteiger charge is 2.43. The van der Waals surface area contributed by atoms with Crippen LogP contribution in [-0.4, -0.2) is 70.5 Å². The van der Waals surface area contributed by atoms with E-state index in [1.54, 1.807) is 24.3 Å². The molecule has 1 aliphatic rings. The maximum Gasteiger partial charge on any atom is 0.405 e. The number of piperazine rings is 1. The van der Waals surface area contributed by atoms with Crippen molar-refractivity contribution in [3.8, 4) is 5.69 Å². The summed E-state index contributed by atoms with van der Waals surface area (Å²) < 4.78 is 41.5. The average Bonchev–Trinajstić information content (AvgIpc) is 3.16. The van der Waals surface area contributed by atoms with Gasteiger partial charge in [0, 0.05) is 38.3 Å². The van der Waals surface area contributed by atoms with Gasteiger partial charge in [-0.05, 0) is 24.3 Å². The summed E-state index contributed by atoms with van der Waals surface area (Å²) in [6.07, 6.45) is -1.51. The molecule has 2 N–H and O–H groups in total. The molecule has 1 aliphatic heterocycles. The Hall–Kier alpha value is -2.46. The Morgan fingerprint density at radius 2 is 1.92 bits per heavy atom. The number of benzene rings is 1. The van der Waals surface area contributed by atoms with Crippen LogP contribution in [0.3, 0.4) is 0 Å². The lowest BCUT2D eigenvalue weighted by molar-refractivity contribution is -0.183. The maximum absolute atomic E-state index is 13.3. The Morgan fingerprint density at radius 3 is 2.50 bits per heavy atom. The van der Waals surface area contributed by atoms with E-state index in [2.05, 4.69) is 20.7 Å². The first-order valence-electron chi connectivity index (χ1n) is 8.20. The molecule has 1 fully saturated rings. The minimum atomic E-state index is -4.40. The minimum absolute atomic E-state index is 0.287. The third kappa shape index (κ3) is 4.38. The molecule has 1 atom stereocenters. The number of hydrogen-bond donors (Lipinski definition) is 2. The number of carbonyl (C=O) groups is 1. The van der Waals surface area contributed by atoms with Crippen LogP contribution in [0.15, 0.2) is 36.9 Å². The molecule has 1 saturated heterocycles. The number of rotatable bonds is 5. The van der Waals surface area contributed by atoms with Gasteiger partial charge in [-0.3, -0.25) is 9.69 Å². The topological polar surface area (TPSA) is 75.1 Å². The zero-order valence-electron chi connectivity index (χ0n) is 13.9. The molecule has 10 heteroatoms. The van der Waals surface area contributed by atoms with Crippen molar-refractivity contribution in [3.05, 3.63) is 42.5 Å². The maximum atomic E-state index is 13.3. The van der Waals surface area contributed by atoms with Gasteiger partial charge >= 0.3 is 6.18 Å². The monoisotopic (exact) mass is 368 g/mol. The molecule has 26 heavy (non-hydrogen) atoms. The van der Waals surface area contributed by atoms with E-state index in [0.717, 1.165) is 0 Å². The van der Waals surface area contributed by atoms with Crippen LogP contribution in [0.4, 0.5) is 13.2 Å². The molecule has 0 bridgehead atoms. The van der Waals surface area contributed by atoms with Crippen LogP contribution in [0.1, 0.15) is 10.4 Å². The summed E-state index contributed by atoms with van der Waals surface area (Å²) in [6, 6.07) is 4.70. The van der Waals surface area contributed by atoms with Crippen LogP contribution >= 0.6 is 0 Å². The van der Waals surface area contributed by atoms with Crippen LogP contribution in [0.5, 0.6) is 0 Å². The molecule has 0 radical (unpaired) electrons.